The molecule has 154 valence electrons. The molecule has 0 aliphatic carbocycles. The van der Waals surface area contributed by atoms with Crippen molar-refractivity contribution in [1.29, 1.82) is 0 Å². The molecule has 0 radical (unpaired) electrons. The van der Waals surface area contributed by atoms with Crippen LogP contribution in [0.15, 0.2) is 47.3 Å². The number of rotatable bonds is 4. The number of carbonyl (C=O) groups is 2. The fraction of sp³-hybridized carbons (Fsp3) is 0.273. The average molecular weight is 409 g/mol. The number of benzene rings is 2. The number of fused-ring (bicyclic) bond motifs is 1. The number of nitrogens with one attached hydrogen (secondary N) is 1. The van der Waals surface area contributed by atoms with Gasteiger partial charge in [0.1, 0.15) is 5.82 Å². The van der Waals surface area contributed by atoms with Gasteiger partial charge in [-0.1, -0.05) is 18.2 Å². The minimum Gasteiger partial charge on any atom is -0.454 e. The molecule has 0 saturated carbocycles. The number of para-hydroxylation sites is 1. The molecule has 1 saturated heterocycles. The number of hydrogen-bond donors (Lipinski definition) is 1. The zero-order chi connectivity index (χ0) is 21.4. The molecule has 2 heterocycles. The Hall–Kier alpha value is -3.55. The van der Waals surface area contributed by atoms with Gasteiger partial charge in [-0.2, -0.15) is 0 Å². The monoisotopic (exact) mass is 409 g/mol. The van der Waals surface area contributed by atoms with Crippen LogP contribution in [0.25, 0.3) is 10.9 Å². The molecule has 8 heteroatoms. The largest absolute Gasteiger partial charge is 0.454 e. The van der Waals surface area contributed by atoms with Gasteiger partial charge in [-0.15, -0.1) is 0 Å². The first kappa shape index (κ1) is 19.8. The third kappa shape index (κ3) is 3.68. The predicted octanol–water partition coefficient (Wildman–Crippen LogP) is 3.03. The van der Waals surface area contributed by atoms with Crippen LogP contribution in [0.5, 0.6) is 0 Å². The maximum Gasteiger partial charge on any atom is 0.311 e. The normalized spacial score (nSPS) is 17.4. The van der Waals surface area contributed by atoms with E-state index in [1.807, 2.05) is 0 Å². The molecule has 0 spiro atoms. The first-order chi connectivity index (χ1) is 14.3. The fourth-order valence-electron chi connectivity index (χ4n) is 3.49. The second-order valence-electron chi connectivity index (χ2n) is 7.39. The van der Waals surface area contributed by atoms with Gasteiger partial charge in [-0.3, -0.25) is 14.4 Å². The Labute approximate surface area is 171 Å². The van der Waals surface area contributed by atoms with Crippen molar-refractivity contribution in [3.05, 3.63) is 70.0 Å². The summed E-state index contributed by atoms with van der Waals surface area (Å²) in [6.45, 7) is 3.35. The van der Waals surface area contributed by atoms with Gasteiger partial charge >= 0.3 is 5.97 Å². The molecule has 1 aliphatic heterocycles. The molecule has 1 fully saturated rings. The molecule has 4 rings (SSSR count). The van der Waals surface area contributed by atoms with Crippen molar-refractivity contribution in [2.45, 2.75) is 26.4 Å². The lowest BCUT2D eigenvalue weighted by Gasteiger charge is -2.18. The van der Waals surface area contributed by atoms with Crippen LogP contribution in [0.3, 0.4) is 0 Å². The van der Waals surface area contributed by atoms with Crippen molar-refractivity contribution in [2.75, 3.05) is 11.4 Å². The Kier molecular flexibility index (Phi) is 5.07. The van der Waals surface area contributed by atoms with Crippen molar-refractivity contribution in [3.63, 3.8) is 0 Å². The predicted molar refractivity (Wildman–Crippen MR) is 108 cm³/mol. The highest BCUT2D eigenvalue weighted by atomic mass is 19.1. The molecule has 1 N–H and O–H groups in total. The van der Waals surface area contributed by atoms with E-state index in [9.17, 15) is 18.8 Å². The van der Waals surface area contributed by atoms with Gasteiger partial charge in [0.15, 0.2) is 11.9 Å². The topological polar surface area (TPSA) is 92.4 Å². The van der Waals surface area contributed by atoms with E-state index in [0.29, 0.717) is 22.2 Å². The molecule has 2 atom stereocenters. The number of carbonyl (C=O) groups excluding carboxylic acids is 2. The number of aromatic amines is 1. The molecular weight excluding hydrogens is 389 g/mol. The maximum atomic E-state index is 13.9. The van der Waals surface area contributed by atoms with E-state index in [1.54, 1.807) is 50.2 Å². The number of anilines is 1. The zero-order valence-electron chi connectivity index (χ0n) is 16.5. The Bertz CT molecular complexity index is 1210. The summed E-state index contributed by atoms with van der Waals surface area (Å²) in [7, 11) is 0. The number of ether oxygens (including phenoxy) is 1. The average Bonchev–Trinajstić information content (AvgIpc) is 3.12. The van der Waals surface area contributed by atoms with E-state index >= 15 is 0 Å². The lowest BCUT2D eigenvalue weighted by molar-refractivity contribution is -0.153. The highest BCUT2D eigenvalue weighted by molar-refractivity contribution is 5.99. The van der Waals surface area contributed by atoms with E-state index in [-0.39, 0.29) is 30.3 Å². The van der Waals surface area contributed by atoms with Crippen molar-refractivity contribution in [2.24, 2.45) is 5.92 Å². The SMILES string of the molecule is Cc1ccc(N2C[C@H](C(=O)O[C@@H](C)c3nc4ccccc4c(=O)[nH]3)CC2=O)cc1F. The summed E-state index contributed by atoms with van der Waals surface area (Å²) >= 11 is 0. The van der Waals surface area contributed by atoms with Crippen molar-refractivity contribution in [1.82, 2.24) is 9.97 Å². The Morgan fingerprint density at radius 1 is 1.27 bits per heavy atom. The van der Waals surface area contributed by atoms with E-state index < -0.39 is 23.8 Å². The Morgan fingerprint density at radius 2 is 2.03 bits per heavy atom. The van der Waals surface area contributed by atoms with Gasteiger partial charge in [-0.25, -0.2) is 9.37 Å². The molecule has 7 nitrogen and oxygen atoms in total. The van der Waals surface area contributed by atoms with Gasteiger partial charge in [0.2, 0.25) is 5.91 Å². The first-order valence-corrected chi connectivity index (χ1v) is 9.59. The van der Waals surface area contributed by atoms with Crippen molar-refractivity contribution < 1.29 is 18.7 Å². The zero-order valence-corrected chi connectivity index (χ0v) is 16.5. The summed E-state index contributed by atoms with van der Waals surface area (Å²) in [6.07, 6.45) is -0.821. The van der Waals surface area contributed by atoms with Gasteiger partial charge in [0, 0.05) is 18.7 Å². The quantitative estimate of drug-likeness (QED) is 0.669. The number of esters is 1. The number of aryl methyl sites for hydroxylation is 1. The van der Waals surface area contributed by atoms with Crippen LogP contribution in [-0.2, 0) is 14.3 Å². The van der Waals surface area contributed by atoms with Crippen LogP contribution in [-0.4, -0.2) is 28.4 Å². The number of hydrogen-bond acceptors (Lipinski definition) is 5. The van der Waals surface area contributed by atoms with Crippen LogP contribution in [0, 0.1) is 18.7 Å². The fourth-order valence-corrected chi connectivity index (χ4v) is 3.49. The molecule has 30 heavy (non-hydrogen) atoms. The van der Waals surface area contributed by atoms with Gasteiger partial charge in [-0.05, 0) is 43.7 Å². The van der Waals surface area contributed by atoms with Gasteiger partial charge < -0.3 is 14.6 Å². The number of halogens is 1. The second kappa shape index (κ2) is 7.70. The summed E-state index contributed by atoms with van der Waals surface area (Å²) < 4.78 is 19.3. The van der Waals surface area contributed by atoms with Gasteiger partial charge in [0.05, 0.1) is 16.8 Å². The summed E-state index contributed by atoms with van der Waals surface area (Å²) in [5, 5.41) is 0.446. The molecule has 1 aliphatic rings. The minimum absolute atomic E-state index is 0.0251. The molecule has 1 aromatic heterocycles. The van der Waals surface area contributed by atoms with Crippen LogP contribution in [0.2, 0.25) is 0 Å². The van der Waals surface area contributed by atoms with Crippen LogP contribution in [0.1, 0.15) is 30.8 Å². The molecule has 0 bridgehead atoms. The highest BCUT2D eigenvalue weighted by Crippen LogP contribution is 2.28. The Morgan fingerprint density at radius 3 is 2.80 bits per heavy atom. The summed E-state index contributed by atoms with van der Waals surface area (Å²) in [6, 6.07) is 11.4. The molecule has 0 unspecified atom stereocenters. The highest BCUT2D eigenvalue weighted by Gasteiger charge is 2.37. The minimum atomic E-state index is -0.796. The van der Waals surface area contributed by atoms with Crippen LogP contribution in [0.4, 0.5) is 10.1 Å². The summed E-state index contributed by atoms with van der Waals surface area (Å²) in [5.41, 5.74) is 1.07. The van der Waals surface area contributed by atoms with Crippen molar-refractivity contribution >= 4 is 28.5 Å². The Balaban J connectivity index is 1.48. The third-order valence-electron chi connectivity index (χ3n) is 5.23. The number of nitrogens with zero attached hydrogens (tertiary/aromatic N) is 2. The first-order valence-electron chi connectivity index (χ1n) is 9.59. The van der Waals surface area contributed by atoms with Gasteiger partial charge in [0.25, 0.3) is 5.56 Å². The number of aromatic nitrogens is 2. The van der Waals surface area contributed by atoms with Crippen LogP contribution >= 0.6 is 0 Å². The molecule has 2 aromatic carbocycles. The lowest BCUT2D eigenvalue weighted by Crippen LogP contribution is -2.27. The molecule has 3 aromatic rings. The van der Waals surface area contributed by atoms with E-state index in [1.165, 1.54) is 11.0 Å². The number of H-pyrrole nitrogens is 1. The standard InChI is InChI=1S/C22H20FN3O4/c1-12-7-8-15(10-17(12)23)26-11-14(9-19(26)27)22(29)30-13(2)20-24-18-6-4-3-5-16(18)21(28)25-20/h3-8,10,13-14H,9,11H2,1-2H3,(H,24,25,28)/t13-,14+/m0/s1. The van der Waals surface area contributed by atoms with Crippen LogP contribution < -0.4 is 10.5 Å². The van der Waals surface area contributed by atoms with E-state index in [2.05, 4.69) is 9.97 Å². The number of amides is 1. The third-order valence-corrected chi connectivity index (χ3v) is 5.23. The summed E-state index contributed by atoms with van der Waals surface area (Å²) in [4.78, 5) is 45.6. The van der Waals surface area contributed by atoms with E-state index in [4.69, 9.17) is 4.74 Å². The second-order valence-corrected chi connectivity index (χ2v) is 7.39. The van der Waals surface area contributed by atoms with Crippen molar-refractivity contribution in [3.8, 4) is 0 Å². The maximum absolute atomic E-state index is 13.9. The summed E-state index contributed by atoms with van der Waals surface area (Å²) in [5.74, 6) is -1.71. The van der Waals surface area contributed by atoms with E-state index in [0.717, 1.165) is 0 Å². The smallest absolute Gasteiger partial charge is 0.311 e. The molecule has 1 amide bonds. The molecular formula is C22H20FN3O4. The lowest BCUT2D eigenvalue weighted by atomic mass is 10.1.